The van der Waals surface area contributed by atoms with E-state index in [0.29, 0.717) is 29.2 Å². The summed E-state index contributed by atoms with van der Waals surface area (Å²) >= 11 is 0. The number of methoxy groups -OCH3 is 1. The summed E-state index contributed by atoms with van der Waals surface area (Å²) in [6.45, 7) is 1.80. The predicted molar refractivity (Wildman–Crippen MR) is 94.4 cm³/mol. The number of aromatic nitrogens is 1. The maximum atomic E-state index is 11.9. The van der Waals surface area contributed by atoms with Gasteiger partial charge >= 0.3 is 5.97 Å². The molecule has 8 nitrogen and oxygen atoms in total. The molecule has 0 aliphatic carbocycles. The topological polar surface area (TPSA) is 99.1 Å². The maximum absolute atomic E-state index is 11.9. The molecule has 8 heteroatoms. The van der Waals surface area contributed by atoms with Crippen LogP contribution in [0.2, 0.25) is 0 Å². The van der Waals surface area contributed by atoms with Gasteiger partial charge in [0.1, 0.15) is 0 Å². The van der Waals surface area contributed by atoms with Gasteiger partial charge in [-0.15, -0.1) is 0 Å². The third kappa shape index (κ3) is 5.59. The molecule has 0 atom stereocenters. The Morgan fingerprint density at radius 3 is 2.81 bits per heavy atom. The molecule has 2 rings (SSSR count). The highest BCUT2D eigenvalue weighted by Gasteiger charge is 2.09. The molecule has 0 unspecified atom stereocenters. The lowest BCUT2D eigenvalue weighted by molar-refractivity contribution is -0.145. The van der Waals surface area contributed by atoms with Crippen molar-refractivity contribution in [2.75, 3.05) is 20.3 Å². The molecule has 136 valence electrons. The van der Waals surface area contributed by atoms with Crippen molar-refractivity contribution < 1.29 is 23.8 Å². The highest BCUT2D eigenvalue weighted by Crippen LogP contribution is 2.27. The summed E-state index contributed by atoms with van der Waals surface area (Å²) in [4.78, 5) is 27.1. The Hall–Kier alpha value is -3.42. The number of carbonyl (C=O) groups excluding carboxylic acids is 2. The van der Waals surface area contributed by atoms with E-state index in [1.54, 1.807) is 43.5 Å². The Labute approximate surface area is 150 Å². The van der Waals surface area contributed by atoms with Crippen LogP contribution in [0.1, 0.15) is 22.8 Å². The number of hydrazone groups is 1. The lowest BCUT2D eigenvalue weighted by atomic mass is 10.2. The first-order chi connectivity index (χ1) is 12.6. The minimum absolute atomic E-state index is 0.210. The fraction of sp³-hybridized carbons (Fsp3) is 0.222. The van der Waals surface area contributed by atoms with E-state index in [2.05, 4.69) is 15.5 Å². The van der Waals surface area contributed by atoms with E-state index in [4.69, 9.17) is 14.2 Å². The van der Waals surface area contributed by atoms with Crippen LogP contribution < -0.4 is 14.9 Å². The molecule has 1 aromatic heterocycles. The maximum Gasteiger partial charge on any atom is 0.344 e. The zero-order valence-corrected chi connectivity index (χ0v) is 14.5. The normalized spacial score (nSPS) is 10.4. The van der Waals surface area contributed by atoms with Crippen LogP contribution in [0.15, 0.2) is 47.8 Å². The predicted octanol–water partition coefficient (Wildman–Crippen LogP) is 1.80. The number of ether oxygens (including phenoxy) is 3. The second-order valence-electron chi connectivity index (χ2n) is 4.94. The van der Waals surface area contributed by atoms with Crippen LogP contribution >= 0.6 is 0 Å². The molecule has 0 saturated carbocycles. The zero-order valence-electron chi connectivity index (χ0n) is 14.5. The van der Waals surface area contributed by atoms with Crippen molar-refractivity contribution in [3.05, 3.63) is 53.9 Å². The highest BCUT2D eigenvalue weighted by molar-refractivity contribution is 5.94. The van der Waals surface area contributed by atoms with Gasteiger partial charge in [0.25, 0.3) is 5.91 Å². The Kier molecular flexibility index (Phi) is 7.11. The summed E-state index contributed by atoms with van der Waals surface area (Å²) in [5.41, 5.74) is 3.50. The Morgan fingerprint density at radius 2 is 2.12 bits per heavy atom. The van der Waals surface area contributed by atoms with Crippen LogP contribution in [0.25, 0.3) is 0 Å². The first kappa shape index (κ1) is 18.9. The van der Waals surface area contributed by atoms with Gasteiger partial charge in [-0.05, 0) is 42.8 Å². The first-order valence-electron chi connectivity index (χ1n) is 7.84. The van der Waals surface area contributed by atoms with E-state index in [9.17, 15) is 9.59 Å². The van der Waals surface area contributed by atoms with Crippen molar-refractivity contribution in [1.29, 1.82) is 0 Å². The second kappa shape index (κ2) is 9.77. The number of hydrogen-bond donors (Lipinski definition) is 1. The molecule has 0 fully saturated rings. The molecule has 26 heavy (non-hydrogen) atoms. The van der Waals surface area contributed by atoms with Crippen LogP contribution in [0.3, 0.4) is 0 Å². The van der Waals surface area contributed by atoms with E-state index in [-0.39, 0.29) is 12.5 Å². The van der Waals surface area contributed by atoms with Crippen molar-refractivity contribution in [2.45, 2.75) is 6.92 Å². The zero-order chi connectivity index (χ0) is 18.8. The number of carbonyl (C=O) groups is 2. The van der Waals surface area contributed by atoms with Crippen LogP contribution in [0.4, 0.5) is 0 Å². The van der Waals surface area contributed by atoms with Gasteiger partial charge in [0.05, 0.1) is 25.5 Å². The molecule has 1 heterocycles. The van der Waals surface area contributed by atoms with Gasteiger partial charge in [-0.3, -0.25) is 9.78 Å². The van der Waals surface area contributed by atoms with Crippen molar-refractivity contribution in [3.8, 4) is 11.5 Å². The molecule has 0 bridgehead atoms. The van der Waals surface area contributed by atoms with Crippen LogP contribution in [0, 0.1) is 0 Å². The number of pyridine rings is 1. The Morgan fingerprint density at radius 1 is 1.27 bits per heavy atom. The van der Waals surface area contributed by atoms with Gasteiger partial charge in [0.15, 0.2) is 18.1 Å². The molecular weight excluding hydrogens is 338 g/mol. The number of amides is 1. The van der Waals surface area contributed by atoms with Crippen molar-refractivity contribution in [3.63, 3.8) is 0 Å². The molecule has 1 amide bonds. The van der Waals surface area contributed by atoms with Crippen LogP contribution in [-0.2, 0) is 9.53 Å². The van der Waals surface area contributed by atoms with Gasteiger partial charge in [-0.2, -0.15) is 5.10 Å². The lowest BCUT2D eigenvalue weighted by Crippen LogP contribution is -2.17. The number of esters is 1. The van der Waals surface area contributed by atoms with Gasteiger partial charge in [-0.25, -0.2) is 10.2 Å². The molecule has 1 N–H and O–H groups in total. The standard InChI is InChI=1S/C18H19N3O5/c1-3-25-17(22)12-26-15-7-6-13(9-16(15)24-2)10-20-21-18(23)14-5-4-8-19-11-14/h4-11H,3,12H2,1-2H3,(H,21,23)/b20-10-. The smallest absolute Gasteiger partial charge is 0.344 e. The third-order valence-electron chi connectivity index (χ3n) is 3.14. The summed E-state index contributed by atoms with van der Waals surface area (Å²) in [5.74, 6) is 0.00273. The molecule has 1 aromatic carbocycles. The fourth-order valence-electron chi connectivity index (χ4n) is 1.95. The quantitative estimate of drug-likeness (QED) is 0.439. The monoisotopic (exact) mass is 357 g/mol. The Bertz CT molecular complexity index is 778. The Balaban J connectivity index is 1.97. The minimum Gasteiger partial charge on any atom is -0.493 e. The largest absolute Gasteiger partial charge is 0.493 e. The summed E-state index contributed by atoms with van der Waals surface area (Å²) in [5, 5.41) is 3.90. The molecule has 0 aliphatic rings. The SMILES string of the molecule is CCOC(=O)COc1ccc(/C=N\NC(=O)c2cccnc2)cc1OC. The molecule has 0 aliphatic heterocycles. The second-order valence-corrected chi connectivity index (χ2v) is 4.94. The van der Waals surface area contributed by atoms with Crippen molar-refractivity contribution in [1.82, 2.24) is 10.4 Å². The fourth-order valence-corrected chi connectivity index (χ4v) is 1.95. The van der Waals surface area contributed by atoms with Gasteiger partial charge in [0, 0.05) is 12.4 Å². The lowest BCUT2D eigenvalue weighted by Gasteiger charge is -2.10. The number of hydrogen-bond acceptors (Lipinski definition) is 7. The van der Waals surface area contributed by atoms with Crippen LogP contribution in [-0.4, -0.2) is 43.4 Å². The summed E-state index contributed by atoms with van der Waals surface area (Å²) in [6, 6.07) is 8.32. The highest BCUT2D eigenvalue weighted by atomic mass is 16.6. The number of rotatable bonds is 8. The van der Waals surface area contributed by atoms with E-state index in [0.717, 1.165) is 0 Å². The molecule has 2 aromatic rings. The number of benzene rings is 1. The van der Waals surface area contributed by atoms with Gasteiger partial charge < -0.3 is 14.2 Å². The molecule has 0 spiro atoms. The van der Waals surface area contributed by atoms with Crippen molar-refractivity contribution >= 4 is 18.1 Å². The van der Waals surface area contributed by atoms with E-state index >= 15 is 0 Å². The van der Waals surface area contributed by atoms with Gasteiger partial charge in [-0.1, -0.05) is 0 Å². The van der Waals surface area contributed by atoms with Gasteiger partial charge in [0.2, 0.25) is 0 Å². The summed E-state index contributed by atoms with van der Waals surface area (Å²) in [7, 11) is 1.48. The van der Waals surface area contributed by atoms with Crippen molar-refractivity contribution in [2.24, 2.45) is 5.10 Å². The molecule has 0 radical (unpaired) electrons. The number of nitrogens with one attached hydrogen (secondary N) is 1. The average Bonchev–Trinajstić information content (AvgIpc) is 2.67. The van der Waals surface area contributed by atoms with Crippen LogP contribution in [0.5, 0.6) is 11.5 Å². The number of nitrogens with zero attached hydrogens (tertiary/aromatic N) is 2. The summed E-state index contributed by atoms with van der Waals surface area (Å²) < 4.78 is 15.4. The minimum atomic E-state index is -0.460. The van der Waals surface area contributed by atoms with E-state index in [1.807, 2.05) is 0 Å². The van der Waals surface area contributed by atoms with E-state index in [1.165, 1.54) is 19.5 Å². The summed E-state index contributed by atoms with van der Waals surface area (Å²) in [6.07, 6.45) is 4.49. The molecule has 0 saturated heterocycles. The first-order valence-corrected chi connectivity index (χ1v) is 7.84. The molecular formula is C18H19N3O5. The third-order valence-corrected chi connectivity index (χ3v) is 3.14. The average molecular weight is 357 g/mol. The van der Waals surface area contributed by atoms with E-state index < -0.39 is 5.97 Å².